The van der Waals surface area contributed by atoms with E-state index in [2.05, 4.69) is 15.5 Å². The van der Waals surface area contributed by atoms with Gasteiger partial charge in [-0.25, -0.2) is 10.4 Å². The zero-order valence-corrected chi connectivity index (χ0v) is 23.0. The Labute approximate surface area is 236 Å². The number of hydrogen-bond acceptors (Lipinski definition) is 6. The standard InChI is InChI=1S/C27H18Cl3N3O2S2/c28-20-10-11-21(29)26(30)19(20)14-35-23-12-9-16-5-1-2-6-17(16)18(23)13-31-33-25(34)15-36-27-32-22-7-3-4-8-24(22)37-27/h1-13H,14-15H2,(H,33,34)/b31-13+. The molecule has 1 N–H and O–H groups in total. The van der Waals surface area contributed by atoms with Gasteiger partial charge >= 0.3 is 0 Å². The van der Waals surface area contributed by atoms with E-state index >= 15 is 0 Å². The number of carbonyl (C=O) groups is 1. The summed E-state index contributed by atoms with van der Waals surface area (Å²) in [4.78, 5) is 17.0. The van der Waals surface area contributed by atoms with Crippen molar-refractivity contribution >= 4 is 91.0 Å². The number of hydrogen-bond donors (Lipinski definition) is 1. The van der Waals surface area contributed by atoms with E-state index in [1.54, 1.807) is 29.7 Å². The molecule has 0 atom stereocenters. The first kappa shape index (κ1) is 25.8. The molecule has 0 aliphatic heterocycles. The van der Waals surface area contributed by atoms with Crippen LogP contribution in [0.1, 0.15) is 11.1 Å². The van der Waals surface area contributed by atoms with Crippen LogP contribution in [0.5, 0.6) is 5.75 Å². The minimum Gasteiger partial charge on any atom is -0.488 e. The van der Waals surface area contributed by atoms with Gasteiger partial charge in [-0.05, 0) is 41.1 Å². The largest absolute Gasteiger partial charge is 0.488 e. The van der Waals surface area contributed by atoms with Crippen LogP contribution >= 0.6 is 57.9 Å². The van der Waals surface area contributed by atoms with Crippen molar-refractivity contribution in [2.75, 3.05) is 5.75 Å². The van der Waals surface area contributed by atoms with Crippen LogP contribution in [0.3, 0.4) is 0 Å². The lowest BCUT2D eigenvalue weighted by Gasteiger charge is -2.14. The van der Waals surface area contributed by atoms with Gasteiger partial charge in [-0.2, -0.15) is 5.10 Å². The number of nitrogens with zero attached hydrogens (tertiary/aromatic N) is 2. The van der Waals surface area contributed by atoms with Crippen LogP contribution in [0.15, 0.2) is 82.2 Å². The molecule has 0 spiro atoms. The van der Waals surface area contributed by atoms with Crippen LogP contribution in [0.25, 0.3) is 21.0 Å². The molecule has 1 heterocycles. The van der Waals surface area contributed by atoms with Gasteiger partial charge in [0.2, 0.25) is 0 Å². The van der Waals surface area contributed by atoms with E-state index in [0.29, 0.717) is 31.9 Å². The van der Waals surface area contributed by atoms with E-state index in [0.717, 1.165) is 25.3 Å². The van der Waals surface area contributed by atoms with Gasteiger partial charge in [0.15, 0.2) is 4.34 Å². The first-order valence-corrected chi connectivity index (χ1v) is 14.0. The maximum absolute atomic E-state index is 12.4. The van der Waals surface area contributed by atoms with Crippen molar-refractivity contribution in [3.05, 3.63) is 99.0 Å². The van der Waals surface area contributed by atoms with E-state index in [1.807, 2.05) is 60.7 Å². The Hall–Kier alpha value is -2.81. The van der Waals surface area contributed by atoms with Gasteiger partial charge in [0.25, 0.3) is 5.91 Å². The number of amides is 1. The number of thioether (sulfide) groups is 1. The van der Waals surface area contributed by atoms with Gasteiger partial charge < -0.3 is 4.74 Å². The normalized spacial score (nSPS) is 11.4. The van der Waals surface area contributed by atoms with E-state index in [-0.39, 0.29) is 18.3 Å². The quantitative estimate of drug-likeness (QED) is 0.0861. The van der Waals surface area contributed by atoms with Crippen LogP contribution < -0.4 is 10.2 Å². The number of hydrazone groups is 1. The molecule has 0 saturated carbocycles. The molecule has 4 aromatic carbocycles. The molecule has 0 fully saturated rings. The smallest absolute Gasteiger partial charge is 0.250 e. The highest BCUT2D eigenvalue weighted by atomic mass is 35.5. The Bertz CT molecular complexity index is 1610. The lowest BCUT2D eigenvalue weighted by molar-refractivity contribution is -0.118. The van der Waals surface area contributed by atoms with Gasteiger partial charge in [-0.3, -0.25) is 4.79 Å². The van der Waals surface area contributed by atoms with Gasteiger partial charge in [0.05, 0.1) is 32.2 Å². The molecule has 0 unspecified atom stereocenters. The average Bonchev–Trinajstić information content (AvgIpc) is 3.33. The Kier molecular flexibility index (Phi) is 8.17. The number of para-hydroxylation sites is 1. The second-order valence-electron chi connectivity index (χ2n) is 7.84. The van der Waals surface area contributed by atoms with Crippen molar-refractivity contribution in [3.63, 3.8) is 0 Å². The van der Waals surface area contributed by atoms with Crippen molar-refractivity contribution in [1.29, 1.82) is 0 Å². The second-order valence-corrected chi connectivity index (χ2v) is 11.3. The van der Waals surface area contributed by atoms with E-state index in [9.17, 15) is 4.79 Å². The summed E-state index contributed by atoms with van der Waals surface area (Å²) in [5.74, 6) is 0.523. The molecule has 0 aliphatic carbocycles. The molecule has 186 valence electrons. The summed E-state index contributed by atoms with van der Waals surface area (Å²) in [6.45, 7) is 0.114. The maximum atomic E-state index is 12.4. The average molecular weight is 587 g/mol. The zero-order chi connectivity index (χ0) is 25.8. The minimum atomic E-state index is -0.235. The lowest BCUT2D eigenvalue weighted by Crippen LogP contribution is -2.19. The predicted octanol–water partition coefficient (Wildman–Crippen LogP) is 8.23. The van der Waals surface area contributed by atoms with Crippen LogP contribution in [0.2, 0.25) is 15.1 Å². The Balaban J connectivity index is 1.30. The van der Waals surface area contributed by atoms with Gasteiger partial charge in [-0.1, -0.05) is 89.0 Å². The Morgan fingerprint density at radius 3 is 2.65 bits per heavy atom. The molecule has 5 rings (SSSR count). The van der Waals surface area contributed by atoms with Crippen LogP contribution in [0.4, 0.5) is 0 Å². The van der Waals surface area contributed by atoms with Crippen molar-refractivity contribution in [1.82, 2.24) is 10.4 Å². The molecular weight excluding hydrogens is 569 g/mol. The van der Waals surface area contributed by atoms with Crippen LogP contribution in [-0.4, -0.2) is 22.9 Å². The topological polar surface area (TPSA) is 63.6 Å². The summed E-state index contributed by atoms with van der Waals surface area (Å²) < 4.78 is 8.02. The zero-order valence-electron chi connectivity index (χ0n) is 19.1. The third kappa shape index (κ3) is 6.03. The molecule has 5 nitrogen and oxygen atoms in total. The number of benzene rings is 4. The van der Waals surface area contributed by atoms with Gasteiger partial charge in [0, 0.05) is 16.1 Å². The van der Waals surface area contributed by atoms with Crippen molar-refractivity contribution in [3.8, 4) is 5.75 Å². The molecule has 0 bridgehead atoms. The van der Waals surface area contributed by atoms with Crippen molar-refractivity contribution in [2.45, 2.75) is 10.9 Å². The van der Waals surface area contributed by atoms with E-state index in [4.69, 9.17) is 39.5 Å². The molecular formula is C27H18Cl3N3O2S2. The number of carbonyl (C=O) groups excluding carboxylic acids is 1. The monoisotopic (exact) mass is 585 g/mol. The predicted molar refractivity (Wildman–Crippen MR) is 156 cm³/mol. The number of nitrogens with one attached hydrogen (secondary N) is 1. The third-order valence-electron chi connectivity index (χ3n) is 5.43. The Morgan fingerprint density at radius 1 is 1.00 bits per heavy atom. The molecule has 0 radical (unpaired) electrons. The number of fused-ring (bicyclic) bond motifs is 2. The van der Waals surface area contributed by atoms with Crippen LogP contribution in [-0.2, 0) is 11.4 Å². The lowest BCUT2D eigenvalue weighted by atomic mass is 10.0. The molecule has 1 amide bonds. The number of rotatable bonds is 8. The fraction of sp³-hybridized carbons (Fsp3) is 0.0741. The Morgan fingerprint density at radius 2 is 1.78 bits per heavy atom. The minimum absolute atomic E-state index is 0.114. The maximum Gasteiger partial charge on any atom is 0.250 e. The SMILES string of the molecule is O=C(CSc1nc2ccccc2s1)N/N=C/c1c(OCc2c(Cl)ccc(Cl)c2Cl)ccc2ccccc12. The molecule has 1 aromatic heterocycles. The molecule has 37 heavy (non-hydrogen) atoms. The summed E-state index contributed by atoms with van der Waals surface area (Å²) in [6, 6.07) is 22.9. The highest BCUT2D eigenvalue weighted by Crippen LogP contribution is 2.34. The van der Waals surface area contributed by atoms with Gasteiger partial charge in [-0.15, -0.1) is 11.3 Å². The third-order valence-corrected chi connectivity index (χ3v) is 8.80. The summed E-state index contributed by atoms with van der Waals surface area (Å²) in [5, 5.41) is 7.34. The first-order chi connectivity index (χ1) is 18.0. The van der Waals surface area contributed by atoms with Crippen molar-refractivity contribution < 1.29 is 9.53 Å². The van der Waals surface area contributed by atoms with E-state index < -0.39 is 0 Å². The summed E-state index contributed by atoms with van der Waals surface area (Å²) in [7, 11) is 0. The summed E-state index contributed by atoms with van der Waals surface area (Å²) >= 11 is 21.7. The number of aromatic nitrogens is 1. The number of halogens is 3. The van der Waals surface area contributed by atoms with Crippen molar-refractivity contribution in [2.24, 2.45) is 5.10 Å². The molecule has 10 heteroatoms. The molecule has 5 aromatic rings. The first-order valence-electron chi connectivity index (χ1n) is 11.1. The summed E-state index contributed by atoms with van der Waals surface area (Å²) in [6.07, 6.45) is 1.58. The number of thiazole rings is 1. The molecule has 0 saturated heterocycles. The molecule has 0 aliphatic rings. The highest BCUT2D eigenvalue weighted by molar-refractivity contribution is 8.01. The fourth-order valence-electron chi connectivity index (χ4n) is 3.63. The van der Waals surface area contributed by atoms with Crippen LogP contribution in [0, 0.1) is 0 Å². The van der Waals surface area contributed by atoms with Gasteiger partial charge in [0.1, 0.15) is 12.4 Å². The fourth-order valence-corrected chi connectivity index (χ4v) is 6.14. The van der Waals surface area contributed by atoms with E-state index in [1.165, 1.54) is 11.8 Å². The number of ether oxygens (including phenoxy) is 1. The summed E-state index contributed by atoms with van der Waals surface area (Å²) in [5.41, 5.74) is 4.83. The second kappa shape index (κ2) is 11.7. The highest BCUT2D eigenvalue weighted by Gasteiger charge is 2.13.